The fraction of sp³-hybridized carbons (Fsp3) is 0.214. The van der Waals surface area contributed by atoms with Crippen LogP contribution in [0.3, 0.4) is 0 Å². The lowest BCUT2D eigenvalue weighted by Gasteiger charge is -2.21. The minimum Gasteiger partial charge on any atom is -0.387 e. The summed E-state index contributed by atoms with van der Waals surface area (Å²) >= 11 is 5.94. The van der Waals surface area contributed by atoms with Crippen molar-refractivity contribution in [2.75, 3.05) is 20.6 Å². The molecule has 1 unspecified atom stereocenters. The molecular formula is C28H28ClN3O3. The van der Waals surface area contributed by atoms with E-state index >= 15 is 0 Å². The quantitative estimate of drug-likeness (QED) is 0.378. The molecule has 7 heteroatoms. The van der Waals surface area contributed by atoms with Gasteiger partial charge in [0.15, 0.2) is 0 Å². The number of rotatable bonds is 8. The molecule has 0 saturated heterocycles. The fourth-order valence-corrected chi connectivity index (χ4v) is 4.24. The zero-order valence-corrected chi connectivity index (χ0v) is 20.5. The number of likely N-dealkylation sites (N-methyl/N-ethyl adjacent to an activating group) is 1. The summed E-state index contributed by atoms with van der Waals surface area (Å²) in [5, 5.41) is 11.6. The highest BCUT2D eigenvalue weighted by Gasteiger charge is 2.18. The number of pyridine rings is 1. The first kappa shape index (κ1) is 24.7. The number of aromatic amines is 1. The number of aliphatic hydroxyl groups is 1. The number of carbonyl (C=O) groups excluding carboxylic acids is 1. The third-order valence-corrected chi connectivity index (χ3v) is 6.23. The van der Waals surface area contributed by atoms with Crippen molar-refractivity contribution in [3.63, 3.8) is 0 Å². The number of aliphatic hydroxyl groups excluding tert-OH is 1. The Hall–Kier alpha value is -3.45. The van der Waals surface area contributed by atoms with Crippen molar-refractivity contribution in [1.29, 1.82) is 0 Å². The van der Waals surface area contributed by atoms with Gasteiger partial charge < -0.3 is 15.0 Å². The zero-order chi connectivity index (χ0) is 24.9. The standard InChI is InChI=1S/C28H28ClN3O3/c1-31(18-26(33)21-6-4-3-5-7-21)16-20-10-13-25-23(14-20)27(34)24(15-30-25)28(35)32(2)17-19-8-11-22(29)12-9-19/h3-15,26,33H,16-18H2,1-2H3,(H,30,34). The molecule has 3 aromatic carbocycles. The molecule has 1 amide bonds. The summed E-state index contributed by atoms with van der Waals surface area (Å²) in [4.78, 5) is 32.9. The van der Waals surface area contributed by atoms with Gasteiger partial charge in [-0.05, 0) is 48.0 Å². The van der Waals surface area contributed by atoms with E-state index in [0.29, 0.717) is 35.6 Å². The number of hydrogen-bond acceptors (Lipinski definition) is 4. The predicted octanol–water partition coefficient (Wildman–Crippen LogP) is 4.62. The van der Waals surface area contributed by atoms with Crippen LogP contribution in [0.15, 0.2) is 83.8 Å². The van der Waals surface area contributed by atoms with E-state index in [4.69, 9.17) is 11.6 Å². The third-order valence-electron chi connectivity index (χ3n) is 5.98. The SMILES string of the molecule is CN(Cc1ccc2[nH]cc(C(=O)N(C)Cc3ccc(Cl)cc3)c(=O)c2c1)CC(O)c1ccccc1. The maximum atomic E-state index is 13.2. The normalized spacial score (nSPS) is 12.1. The topological polar surface area (TPSA) is 76.6 Å². The van der Waals surface area contributed by atoms with Crippen molar-refractivity contribution in [3.8, 4) is 0 Å². The van der Waals surface area contributed by atoms with Gasteiger partial charge in [-0.15, -0.1) is 0 Å². The lowest BCUT2D eigenvalue weighted by molar-refractivity contribution is 0.0783. The average Bonchev–Trinajstić information content (AvgIpc) is 2.86. The van der Waals surface area contributed by atoms with Crippen LogP contribution in [-0.2, 0) is 13.1 Å². The molecule has 0 saturated carbocycles. The predicted molar refractivity (Wildman–Crippen MR) is 140 cm³/mol. The van der Waals surface area contributed by atoms with Gasteiger partial charge in [0.2, 0.25) is 5.43 Å². The van der Waals surface area contributed by atoms with Crippen LogP contribution < -0.4 is 5.43 Å². The molecule has 6 nitrogen and oxygen atoms in total. The molecule has 1 heterocycles. The van der Waals surface area contributed by atoms with Gasteiger partial charge in [-0.2, -0.15) is 0 Å². The van der Waals surface area contributed by atoms with Crippen LogP contribution in [0.1, 0.15) is 33.2 Å². The number of halogens is 1. The van der Waals surface area contributed by atoms with E-state index in [1.54, 1.807) is 19.2 Å². The van der Waals surface area contributed by atoms with E-state index < -0.39 is 6.10 Å². The molecule has 0 aliphatic heterocycles. The Kier molecular flexibility index (Phi) is 7.66. The Bertz CT molecular complexity index is 1370. The summed E-state index contributed by atoms with van der Waals surface area (Å²) in [6.45, 7) is 1.36. The molecule has 4 rings (SSSR count). The summed E-state index contributed by atoms with van der Waals surface area (Å²) in [7, 11) is 3.59. The molecular weight excluding hydrogens is 462 g/mol. The van der Waals surface area contributed by atoms with Crippen molar-refractivity contribution in [1.82, 2.24) is 14.8 Å². The highest BCUT2D eigenvalue weighted by atomic mass is 35.5. The molecule has 0 spiro atoms. The molecule has 180 valence electrons. The summed E-state index contributed by atoms with van der Waals surface area (Å²) in [5.74, 6) is -0.350. The van der Waals surface area contributed by atoms with Gasteiger partial charge in [-0.1, -0.05) is 60.1 Å². The lowest BCUT2D eigenvalue weighted by atomic mass is 10.1. The van der Waals surface area contributed by atoms with Crippen molar-refractivity contribution in [2.24, 2.45) is 0 Å². The molecule has 35 heavy (non-hydrogen) atoms. The van der Waals surface area contributed by atoms with Gasteiger partial charge in [0, 0.05) is 48.8 Å². The van der Waals surface area contributed by atoms with Gasteiger partial charge in [0.05, 0.1) is 6.10 Å². The van der Waals surface area contributed by atoms with Crippen molar-refractivity contribution >= 4 is 28.4 Å². The van der Waals surface area contributed by atoms with Gasteiger partial charge in [0.25, 0.3) is 5.91 Å². The Morgan fingerprint density at radius 1 is 0.971 bits per heavy atom. The van der Waals surface area contributed by atoms with Crippen LogP contribution in [0.5, 0.6) is 0 Å². The number of benzene rings is 3. The Morgan fingerprint density at radius 2 is 1.66 bits per heavy atom. The fourth-order valence-electron chi connectivity index (χ4n) is 4.12. The molecule has 0 aliphatic rings. The van der Waals surface area contributed by atoms with Crippen molar-refractivity contribution < 1.29 is 9.90 Å². The van der Waals surface area contributed by atoms with Gasteiger partial charge >= 0.3 is 0 Å². The minimum atomic E-state index is -0.606. The summed E-state index contributed by atoms with van der Waals surface area (Å²) in [5.41, 5.74) is 3.16. The second kappa shape index (κ2) is 10.9. The Morgan fingerprint density at radius 3 is 2.37 bits per heavy atom. The number of carbonyl (C=O) groups is 1. The highest BCUT2D eigenvalue weighted by Crippen LogP contribution is 2.17. The van der Waals surface area contributed by atoms with E-state index in [-0.39, 0.29) is 16.9 Å². The van der Waals surface area contributed by atoms with Gasteiger partial charge in [0.1, 0.15) is 5.56 Å². The smallest absolute Gasteiger partial charge is 0.259 e. The molecule has 0 aliphatic carbocycles. The average molecular weight is 490 g/mol. The minimum absolute atomic E-state index is 0.0963. The molecule has 0 fully saturated rings. The van der Waals surface area contributed by atoms with Crippen LogP contribution >= 0.6 is 11.6 Å². The number of fused-ring (bicyclic) bond motifs is 1. The van der Waals surface area contributed by atoms with Crippen molar-refractivity contribution in [3.05, 3.63) is 116 Å². The van der Waals surface area contributed by atoms with E-state index in [2.05, 4.69) is 4.98 Å². The first-order valence-corrected chi connectivity index (χ1v) is 11.8. The van der Waals surface area contributed by atoms with Crippen LogP contribution in [0.2, 0.25) is 5.02 Å². The third kappa shape index (κ3) is 5.98. The number of nitrogens with one attached hydrogen (secondary N) is 1. The number of aromatic nitrogens is 1. The van der Waals surface area contributed by atoms with Crippen LogP contribution in [0.25, 0.3) is 10.9 Å². The molecule has 0 radical (unpaired) electrons. The van der Waals surface area contributed by atoms with Gasteiger partial charge in [-0.3, -0.25) is 14.5 Å². The first-order valence-electron chi connectivity index (χ1n) is 11.4. The van der Waals surface area contributed by atoms with Crippen LogP contribution in [0.4, 0.5) is 0 Å². The summed E-state index contributed by atoms with van der Waals surface area (Å²) in [6.07, 6.45) is 0.873. The van der Waals surface area contributed by atoms with E-state index in [0.717, 1.165) is 16.7 Å². The van der Waals surface area contributed by atoms with Crippen molar-refractivity contribution in [2.45, 2.75) is 19.2 Å². The first-order chi connectivity index (χ1) is 16.8. The molecule has 0 bridgehead atoms. The van der Waals surface area contributed by atoms with Gasteiger partial charge in [-0.25, -0.2) is 0 Å². The largest absolute Gasteiger partial charge is 0.387 e. The van der Waals surface area contributed by atoms with Crippen LogP contribution in [0, 0.1) is 0 Å². The van der Waals surface area contributed by atoms with Crippen LogP contribution in [-0.4, -0.2) is 46.4 Å². The second-order valence-corrected chi connectivity index (χ2v) is 9.26. The number of amides is 1. The molecule has 2 N–H and O–H groups in total. The van der Waals surface area contributed by atoms with E-state index in [1.165, 1.54) is 11.1 Å². The molecule has 1 aromatic heterocycles. The number of nitrogens with zero attached hydrogens (tertiary/aromatic N) is 2. The zero-order valence-electron chi connectivity index (χ0n) is 19.7. The molecule has 1 atom stereocenters. The molecule has 4 aromatic rings. The highest BCUT2D eigenvalue weighted by molar-refractivity contribution is 6.30. The van der Waals surface area contributed by atoms with E-state index in [9.17, 15) is 14.7 Å². The maximum absolute atomic E-state index is 13.2. The Labute approximate surface area is 209 Å². The monoisotopic (exact) mass is 489 g/mol. The summed E-state index contributed by atoms with van der Waals surface area (Å²) < 4.78 is 0. The number of hydrogen-bond donors (Lipinski definition) is 2. The van der Waals surface area contributed by atoms with E-state index in [1.807, 2.05) is 72.6 Å². The lowest BCUT2D eigenvalue weighted by Crippen LogP contribution is -2.30. The Balaban J connectivity index is 1.50. The second-order valence-electron chi connectivity index (χ2n) is 8.82. The maximum Gasteiger partial charge on any atom is 0.259 e. The summed E-state index contributed by atoms with van der Waals surface area (Å²) in [6, 6.07) is 22.4. The number of H-pyrrole nitrogens is 1.